The minimum absolute atomic E-state index is 0.00860. The fourth-order valence-electron chi connectivity index (χ4n) is 1.99. The lowest BCUT2D eigenvalue weighted by molar-refractivity contribution is 0.0617. The third-order valence-electron chi connectivity index (χ3n) is 3.50. The lowest BCUT2D eigenvalue weighted by Crippen LogP contribution is -2.36. The van der Waals surface area contributed by atoms with E-state index in [9.17, 15) is 13.2 Å². The summed E-state index contributed by atoms with van der Waals surface area (Å²) in [5.74, 6) is -0.569. The van der Waals surface area contributed by atoms with Crippen LogP contribution in [0.3, 0.4) is 0 Å². The third kappa shape index (κ3) is 5.70. The van der Waals surface area contributed by atoms with Crippen LogP contribution in [-0.4, -0.2) is 45.9 Å². The summed E-state index contributed by atoms with van der Waals surface area (Å²) >= 11 is 5.75. The fraction of sp³-hybridized carbons (Fsp3) is 0.235. The Morgan fingerprint density at radius 3 is 2.31 bits per heavy atom. The number of rotatable bonds is 9. The normalized spacial score (nSPS) is 12.5. The second kappa shape index (κ2) is 9.00. The summed E-state index contributed by atoms with van der Waals surface area (Å²) in [6.45, 7) is 0.0979. The Labute approximate surface area is 156 Å². The summed E-state index contributed by atoms with van der Waals surface area (Å²) in [7, 11) is -2.25. The molecule has 140 valence electrons. The van der Waals surface area contributed by atoms with E-state index < -0.39 is 22.1 Å². The van der Waals surface area contributed by atoms with E-state index in [4.69, 9.17) is 26.2 Å². The van der Waals surface area contributed by atoms with Crippen molar-refractivity contribution in [2.75, 3.05) is 20.3 Å². The van der Waals surface area contributed by atoms with Gasteiger partial charge in [-0.15, -0.1) is 0 Å². The van der Waals surface area contributed by atoms with Gasteiger partial charge in [0.15, 0.2) is 0 Å². The Balaban J connectivity index is 1.90. The number of benzene rings is 2. The molecule has 0 saturated carbocycles. The van der Waals surface area contributed by atoms with E-state index in [0.717, 1.165) is 0 Å². The molecule has 0 aliphatic carbocycles. The molecular weight excluding hydrogens is 382 g/mol. The zero-order valence-corrected chi connectivity index (χ0v) is 15.5. The first kappa shape index (κ1) is 20.2. The Morgan fingerprint density at radius 2 is 1.77 bits per heavy atom. The van der Waals surface area contributed by atoms with Gasteiger partial charge in [-0.25, -0.2) is 17.9 Å². The molecule has 2 aromatic carbocycles. The highest BCUT2D eigenvalue weighted by Gasteiger charge is 2.17. The zero-order chi connectivity index (χ0) is 19.2. The van der Waals surface area contributed by atoms with Crippen molar-refractivity contribution in [3.63, 3.8) is 0 Å². The Kier molecular flexibility index (Phi) is 6.98. The molecule has 7 nitrogen and oxygen atoms in total. The fourth-order valence-corrected chi connectivity index (χ4v) is 3.19. The van der Waals surface area contributed by atoms with Crippen LogP contribution in [0.2, 0.25) is 5.02 Å². The number of hydrogen-bond donors (Lipinski definition) is 2. The molecule has 26 heavy (non-hydrogen) atoms. The first-order valence-electron chi connectivity index (χ1n) is 7.56. The Morgan fingerprint density at radius 1 is 1.15 bits per heavy atom. The average Bonchev–Trinajstić information content (AvgIpc) is 2.62. The van der Waals surface area contributed by atoms with Crippen molar-refractivity contribution in [2.45, 2.75) is 11.0 Å². The van der Waals surface area contributed by atoms with E-state index in [-0.39, 0.29) is 23.6 Å². The maximum atomic E-state index is 12.2. The van der Waals surface area contributed by atoms with Crippen LogP contribution in [0, 0.1) is 0 Å². The van der Waals surface area contributed by atoms with Crippen molar-refractivity contribution in [1.29, 1.82) is 0 Å². The largest absolute Gasteiger partial charge is 0.491 e. The summed E-state index contributed by atoms with van der Waals surface area (Å²) in [4.78, 5) is 10.9. The molecule has 2 N–H and O–H groups in total. The number of sulfonamides is 1. The van der Waals surface area contributed by atoms with Crippen LogP contribution >= 0.6 is 11.6 Å². The van der Waals surface area contributed by atoms with E-state index >= 15 is 0 Å². The van der Waals surface area contributed by atoms with Crippen molar-refractivity contribution < 1.29 is 27.8 Å². The molecule has 9 heteroatoms. The zero-order valence-electron chi connectivity index (χ0n) is 13.9. The van der Waals surface area contributed by atoms with Gasteiger partial charge < -0.3 is 14.6 Å². The number of nitrogens with one attached hydrogen (secondary N) is 1. The molecule has 0 aromatic heterocycles. The standard InChI is InChI=1S/C17H18ClNO6S/c1-24-15(11-25-14-6-2-12(3-7-14)17(20)21)10-19-26(22,23)16-8-4-13(18)5-9-16/h2-9,15,19H,10-11H2,1H3,(H,20,21). The molecule has 0 heterocycles. The smallest absolute Gasteiger partial charge is 0.335 e. The highest BCUT2D eigenvalue weighted by molar-refractivity contribution is 7.89. The molecule has 0 amide bonds. The van der Waals surface area contributed by atoms with Crippen LogP contribution in [0.4, 0.5) is 0 Å². The number of aromatic carboxylic acids is 1. The molecule has 1 atom stereocenters. The van der Waals surface area contributed by atoms with Gasteiger partial charge in [0.25, 0.3) is 0 Å². The minimum atomic E-state index is -3.69. The number of carbonyl (C=O) groups is 1. The van der Waals surface area contributed by atoms with Crippen molar-refractivity contribution in [3.8, 4) is 5.75 Å². The van der Waals surface area contributed by atoms with Gasteiger partial charge in [-0.1, -0.05) is 11.6 Å². The molecule has 0 bridgehead atoms. The quantitative estimate of drug-likeness (QED) is 0.671. The van der Waals surface area contributed by atoms with Crippen molar-refractivity contribution in [1.82, 2.24) is 4.72 Å². The molecule has 2 rings (SSSR count). The molecule has 0 spiro atoms. The number of carboxylic acid groups (broad SMARTS) is 1. The summed E-state index contributed by atoms with van der Waals surface area (Å²) in [5.41, 5.74) is 0.149. The van der Waals surface area contributed by atoms with Crippen LogP contribution in [-0.2, 0) is 14.8 Å². The van der Waals surface area contributed by atoms with Crippen LogP contribution in [0.5, 0.6) is 5.75 Å². The topological polar surface area (TPSA) is 102 Å². The molecule has 2 aromatic rings. The lowest BCUT2D eigenvalue weighted by atomic mass is 10.2. The van der Waals surface area contributed by atoms with Gasteiger partial charge in [0.05, 0.1) is 10.5 Å². The first-order valence-corrected chi connectivity index (χ1v) is 9.42. The summed E-state index contributed by atoms with van der Waals surface area (Å²) in [6, 6.07) is 11.7. The average molecular weight is 400 g/mol. The summed E-state index contributed by atoms with van der Waals surface area (Å²) in [5, 5.41) is 9.30. The van der Waals surface area contributed by atoms with Crippen LogP contribution in [0.15, 0.2) is 53.4 Å². The predicted octanol–water partition coefficient (Wildman–Crippen LogP) is 2.41. The van der Waals surface area contributed by atoms with Gasteiger partial charge in [0.1, 0.15) is 18.5 Å². The van der Waals surface area contributed by atoms with Gasteiger partial charge >= 0.3 is 5.97 Å². The van der Waals surface area contributed by atoms with Crippen LogP contribution in [0.1, 0.15) is 10.4 Å². The first-order chi connectivity index (χ1) is 12.3. The number of halogens is 1. The van der Waals surface area contributed by atoms with E-state index in [1.807, 2.05) is 0 Å². The number of hydrogen-bond acceptors (Lipinski definition) is 5. The second-order valence-electron chi connectivity index (χ2n) is 5.30. The number of methoxy groups -OCH3 is 1. The van der Waals surface area contributed by atoms with Gasteiger partial charge in [-0.2, -0.15) is 0 Å². The maximum Gasteiger partial charge on any atom is 0.335 e. The molecular formula is C17H18ClNO6S. The Bertz CT molecular complexity index is 837. The molecule has 0 radical (unpaired) electrons. The van der Waals surface area contributed by atoms with Crippen LogP contribution in [0.25, 0.3) is 0 Å². The monoisotopic (exact) mass is 399 g/mol. The Hall–Kier alpha value is -2.13. The van der Waals surface area contributed by atoms with Crippen LogP contribution < -0.4 is 9.46 Å². The molecule has 0 aliphatic heterocycles. The summed E-state index contributed by atoms with van der Waals surface area (Å²) < 4.78 is 37.6. The van der Waals surface area contributed by atoms with Gasteiger partial charge in [0.2, 0.25) is 10.0 Å². The van der Waals surface area contributed by atoms with E-state index in [0.29, 0.717) is 10.8 Å². The summed E-state index contributed by atoms with van der Waals surface area (Å²) in [6.07, 6.45) is -0.531. The number of carboxylic acids is 1. The predicted molar refractivity (Wildman–Crippen MR) is 96.3 cm³/mol. The SMILES string of the molecule is COC(CNS(=O)(=O)c1ccc(Cl)cc1)COc1ccc(C(=O)O)cc1. The molecule has 1 unspecified atom stereocenters. The molecule has 0 aliphatic rings. The van der Waals surface area contributed by atoms with E-state index in [1.54, 1.807) is 0 Å². The minimum Gasteiger partial charge on any atom is -0.491 e. The third-order valence-corrected chi connectivity index (χ3v) is 5.19. The lowest BCUT2D eigenvalue weighted by Gasteiger charge is -2.17. The second-order valence-corrected chi connectivity index (χ2v) is 7.51. The molecule has 0 fully saturated rings. The van der Waals surface area contributed by atoms with Crippen molar-refractivity contribution in [3.05, 3.63) is 59.1 Å². The van der Waals surface area contributed by atoms with E-state index in [2.05, 4.69) is 4.72 Å². The van der Waals surface area contributed by atoms with Crippen molar-refractivity contribution in [2.24, 2.45) is 0 Å². The van der Waals surface area contributed by atoms with Gasteiger partial charge in [-0.3, -0.25) is 0 Å². The van der Waals surface area contributed by atoms with Crippen molar-refractivity contribution >= 4 is 27.6 Å². The highest BCUT2D eigenvalue weighted by atomic mass is 35.5. The van der Waals surface area contributed by atoms with E-state index in [1.165, 1.54) is 55.6 Å². The van der Waals surface area contributed by atoms with Gasteiger partial charge in [0, 0.05) is 18.7 Å². The highest BCUT2D eigenvalue weighted by Crippen LogP contribution is 2.15. The van der Waals surface area contributed by atoms with Gasteiger partial charge in [-0.05, 0) is 48.5 Å². The number of ether oxygens (including phenoxy) is 2. The maximum absolute atomic E-state index is 12.2. The molecule has 0 saturated heterocycles.